The predicted octanol–water partition coefficient (Wildman–Crippen LogP) is 5.12. The zero-order valence-corrected chi connectivity index (χ0v) is 23.9. The van der Waals surface area contributed by atoms with Crippen LogP contribution in [0.1, 0.15) is 91.9 Å². The minimum absolute atomic E-state index is 0.0218. The van der Waals surface area contributed by atoms with Crippen molar-refractivity contribution in [1.29, 1.82) is 0 Å². The van der Waals surface area contributed by atoms with Crippen molar-refractivity contribution in [2.45, 2.75) is 104 Å². The number of esters is 1. The van der Waals surface area contributed by atoms with Crippen molar-refractivity contribution in [1.82, 2.24) is 0 Å². The highest BCUT2D eigenvalue weighted by atomic mass is 16.6. The Morgan fingerprint density at radius 2 is 2.00 bits per heavy atom. The Kier molecular flexibility index (Phi) is 6.14. The average Bonchev–Trinajstić information content (AvgIpc) is 3.20. The van der Waals surface area contributed by atoms with E-state index in [1.165, 1.54) is 18.6 Å². The maximum atomic E-state index is 13.2. The van der Waals surface area contributed by atoms with Gasteiger partial charge in [0.25, 0.3) is 0 Å². The minimum atomic E-state index is -0.408. The lowest BCUT2D eigenvalue weighted by Gasteiger charge is -2.73. The highest BCUT2D eigenvalue weighted by Gasteiger charge is 2.78. The van der Waals surface area contributed by atoms with Crippen LogP contribution >= 0.6 is 0 Å². The number of fused-ring (bicyclic) bond motifs is 1. The third kappa shape index (κ3) is 3.27. The van der Waals surface area contributed by atoms with Gasteiger partial charge < -0.3 is 25.3 Å². The van der Waals surface area contributed by atoms with Crippen molar-refractivity contribution in [3.63, 3.8) is 0 Å². The van der Waals surface area contributed by atoms with Crippen LogP contribution < -0.4 is 5.73 Å². The number of oxime groups is 2. The highest BCUT2D eigenvalue weighted by molar-refractivity contribution is 5.89. The van der Waals surface area contributed by atoms with Crippen LogP contribution in [0.3, 0.4) is 0 Å². The summed E-state index contributed by atoms with van der Waals surface area (Å²) in [5, 5.41) is 16.7. The van der Waals surface area contributed by atoms with Crippen LogP contribution in [0.25, 0.3) is 0 Å². The highest BCUT2D eigenvalue weighted by Crippen LogP contribution is 2.79. The fraction of sp³-hybridized carbons (Fsp3) is 0.900. The molecule has 1 saturated heterocycles. The van der Waals surface area contributed by atoms with Crippen LogP contribution in [-0.4, -0.2) is 48.1 Å². The molecule has 0 aromatic heterocycles. The van der Waals surface area contributed by atoms with Crippen LogP contribution in [0.15, 0.2) is 10.3 Å². The van der Waals surface area contributed by atoms with Gasteiger partial charge in [0.1, 0.15) is 12.4 Å². The second kappa shape index (κ2) is 8.84. The lowest BCUT2D eigenvalue weighted by Crippen LogP contribution is -2.71. The molecule has 38 heavy (non-hydrogen) atoms. The molecular weight excluding hydrogens is 482 g/mol. The van der Waals surface area contributed by atoms with Crippen molar-refractivity contribution < 1.29 is 24.3 Å². The molecule has 10 atom stereocenters. The van der Waals surface area contributed by atoms with E-state index < -0.39 is 5.41 Å². The van der Waals surface area contributed by atoms with Gasteiger partial charge in [-0.2, -0.15) is 0 Å². The summed E-state index contributed by atoms with van der Waals surface area (Å²) in [7, 11) is 1.55. The summed E-state index contributed by atoms with van der Waals surface area (Å²) in [5.74, 6) is 2.89. The molecule has 0 amide bonds. The number of ether oxygens (including phenoxy) is 2. The Morgan fingerprint density at radius 3 is 2.71 bits per heavy atom. The van der Waals surface area contributed by atoms with Crippen LogP contribution in [0.4, 0.5) is 0 Å². The Balaban J connectivity index is 1.40. The van der Waals surface area contributed by atoms with Crippen molar-refractivity contribution in [2.75, 3.05) is 13.7 Å². The summed E-state index contributed by atoms with van der Waals surface area (Å²) in [6.45, 7) is 9.74. The van der Waals surface area contributed by atoms with E-state index in [1.54, 1.807) is 7.11 Å². The summed E-state index contributed by atoms with van der Waals surface area (Å²) >= 11 is 0. The summed E-state index contributed by atoms with van der Waals surface area (Å²) in [5.41, 5.74) is 6.62. The van der Waals surface area contributed by atoms with Gasteiger partial charge in [-0.15, -0.1) is 0 Å². The first-order valence-corrected chi connectivity index (χ1v) is 15.0. The van der Waals surface area contributed by atoms with Crippen molar-refractivity contribution in [3.05, 3.63) is 0 Å². The lowest BCUT2D eigenvalue weighted by molar-refractivity contribution is -0.245. The fourth-order valence-corrected chi connectivity index (χ4v) is 11.5. The molecule has 7 fully saturated rings. The van der Waals surface area contributed by atoms with E-state index in [-0.39, 0.29) is 28.2 Å². The second-order valence-corrected chi connectivity index (χ2v) is 14.3. The first kappa shape index (κ1) is 26.4. The summed E-state index contributed by atoms with van der Waals surface area (Å²) < 4.78 is 12.5. The second-order valence-electron chi connectivity index (χ2n) is 14.3. The first-order chi connectivity index (χ1) is 18.1. The number of hydrogen-bond acceptors (Lipinski definition) is 7. The molecule has 0 aromatic carbocycles. The monoisotopic (exact) mass is 529 g/mol. The summed E-state index contributed by atoms with van der Waals surface area (Å²) in [4.78, 5) is 19.0. The van der Waals surface area contributed by atoms with Crippen LogP contribution in [0.5, 0.6) is 0 Å². The van der Waals surface area contributed by atoms with Gasteiger partial charge >= 0.3 is 5.97 Å². The number of carbonyl (C=O) groups excluding carboxylic acids is 1. The van der Waals surface area contributed by atoms with Gasteiger partial charge in [-0.25, -0.2) is 0 Å². The summed E-state index contributed by atoms with van der Waals surface area (Å²) in [6, 6.07) is 0. The van der Waals surface area contributed by atoms with Crippen LogP contribution in [-0.2, 0) is 19.1 Å². The molecule has 3 N–H and O–H groups in total. The Bertz CT molecular complexity index is 1040. The van der Waals surface area contributed by atoms with Gasteiger partial charge in [-0.1, -0.05) is 37.5 Å². The zero-order valence-electron chi connectivity index (χ0n) is 23.9. The number of nitrogens with zero attached hydrogens (tertiary/aromatic N) is 2. The van der Waals surface area contributed by atoms with E-state index in [2.05, 4.69) is 32.9 Å². The molecule has 4 bridgehead atoms. The van der Waals surface area contributed by atoms with E-state index in [9.17, 15) is 4.79 Å². The molecule has 7 rings (SSSR count). The first-order valence-electron chi connectivity index (χ1n) is 15.0. The summed E-state index contributed by atoms with van der Waals surface area (Å²) in [6.07, 6.45) is 10.3. The Morgan fingerprint density at radius 1 is 1.21 bits per heavy atom. The molecule has 7 aliphatic rings. The molecular formula is C30H47N3O5. The van der Waals surface area contributed by atoms with Crippen LogP contribution in [0.2, 0.25) is 0 Å². The minimum Gasteiger partial charge on any atom is -0.469 e. The van der Waals surface area contributed by atoms with E-state index in [1.807, 2.05) is 0 Å². The number of nitrogens with two attached hydrogens (primary N) is 1. The number of carbonyl (C=O) groups is 1. The van der Waals surface area contributed by atoms with Crippen molar-refractivity contribution in [2.24, 2.45) is 67.8 Å². The Hall–Kier alpha value is -1.83. The number of amidine groups is 1. The zero-order chi connectivity index (χ0) is 27.1. The van der Waals surface area contributed by atoms with Crippen molar-refractivity contribution >= 4 is 17.5 Å². The number of rotatable bonds is 6. The third-order valence-corrected chi connectivity index (χ3v) is 12.8. The topological polar surface area (TPSA) is 116 Å². The molecule has 1 aliphatic heterocycles. The van der Waals surface area contributed by atoms with E-state index in [0.29, 0.717) is 54.6 Å². The lowest BCUT2D eigenvalue weighted by atomic mass is 9.31. The quantitative estimate of drug-likeness (QED) is 0.123. The molecule has 1 spiro atoms. The van der Waals surface area contributed by atoms with E-state index >= 15 is 0 Å². The SMILES string of the molecule is COC(=O)[C@]1(C)CCC[C@]2(C)[C@H]3C[C@@H]4[C@H]5[C@@H]6CC/C(=N\OCC/C(N)=N/O)[C@H]5[C@@]3(CC[C@H]21)CC4(C(C)C)O6. The van der Waals surface area contributed by atoms with Gasteiger partial charge in [-0.05, 0) is 98.7 Å². The number of hydrogen-bond donors (Lipinski definition) is 2. The maximum Gasteiger partial charge on any atom is 0.311 e. The van der Waals surface area contributed by atoms with Crippen molar-refractivity contribution in [3.8, 4) is 0 Å². The number of methoxy groups -OCH3 is 1. The van der Waals surface area contributed by atoms with Gasteiger partial charge in [0.15, 0.2) is 0 Å². The molecule has 8 heteroatoms. The average molecular weight is 530 g/mol. The van der Waals surface area contributed by atoms with Gasteiger partial charge in [0.2, 0.25) is 0 Å². The molecule has 212 valence electrons. The third-order valence-electron chi connectivity index (χ3n) is 12.8. The largest absolute Gasteiger partial charge is 0.469 e. The molecule has 1 unspecified atom stereocenters. The molecule has 0 aromatic rings. The molecule has 6 aliphatic carbocycles. The van der Waals surface area contributed by atoms with Gasteiger partial charge in [-0.3, -0.25) is 4.79 Å². The molecule has 0 radical (unpaired) electrons. The molecule has 6 saturated carbocycles. The molecule has 1 heterocycles. The molecule has 8 nitrogen and oxygen atoms in total. The predicted molar refractivity (Wildman–Crippen MR) is 144 cm³/mol. The smallest absolute Gasteiger partial charge is 0.311 e. The van der Waals surface area contributed by atoms with E-state index in [0.717, 1.165) is 44.9 Å². The normalized spacial score (nSPS) is 50.1. The van der Waals surface area contributed by atoms with E-state index in [4.69, 9.17) is 30.4 Å². The fourth-order valence-electron chi connectivity index (χ4n) is 11.5. The Labute approximate surface area is 227 Å². The van der Waals surface area contributed by atoms with Crippen LogP contribution in [0, 0.1) is 51.8 Å². The van der Waals surface area contributed by atoms with Gasteiger partial charge in [0, 0.05) is 12.3 Å². The van der Waals surface area contributed by atoms with Gasteiger partial charge in [0.05, 0.1) is 29.9 Å². The standard InChI is InChI=1S/C30H47N3O5/c1-17(2)30-16-29-13-9-21-27(3,11-6-12-28(21,4)26(34)36-5)22(29)15-18(30)24-20(38-30)8-7-19(25(24)29)33-37-14-10-23(31)32-35/h17-18,20-22,24-25,35H,6-16H2,1-5H3,(H2,31,32)/b33-19+/t18-,20+,21-,22-,24+,25-,27+,28-,29+,30?/m1/s1. The maximum absolute atomic E-state index is 13.2.